The van der Waals surface area contributed by atoms with Crippen molar-refractivity contribution in [2.45, 2.75) is 0 Å². The molecule has 0 aliphatic rings. The predicted molar refractivity (Wildman–Crippen MR) is 55.9 cm³/mol. The van der Waals surface area contributed by atoms with E-state index in [0.717, 1.165) is 15.4 Å². The van der Waals surface area contributed by atoms with Gasteiger partial charge in [-0.15, -0.1) is 0 Å². The molecule has 4 heteroatoms. The molecule has 0 N–H and O–H groups in total. The van der Waals surface area contributed by atoms with Crippen molar-refractivity contribution in [2.24, 2.45) is 14.1 Å². The summed E-state index contributed by atoms with van der Waals surface area (Å²) in [7, 11) is 3.63. The average Bonchev–Trinajstić information content (AvgIpc) is 2.32. The summed E-state index contributed by atoms with van der Waals surface area (Å²) in [6.45, 7) is 0. The largest absolute Gasteiger partial charge is 0.285 e. The highest BCUT2D eigenvalue weighted by molar-refractivity contribution is 9.10. The Labute approximate surface area is 83.7 Å². The zero-order valence-electron chi connectivity index (χ0n) is 7.41. The third-order valence-corrected chi connectivity index (χ3v) is 2.78. The average molecular weight is 241 g/mol. The van der Waals surface area contributed by atoms with Crippen LogP contribution >= 0.6 is 15.9 Å². The summed E-state index contributed by atoms with van der Waals surface area (Å²) in [5.74, 6) is 0. The Bertz CT molecular complexity index is 524. The Morgan fingerprint density at radius 1 is 1.23 bits per heavy atom. The number of aryl methyl sites for hydroxylation is 1. The maximum Gasteiger partial charge on any atom is 0.274 e. The lowest BCUT2D eigenvalue weighted by molar-refractivity contribution is 0.595. The van der Waals surface area contributed by atoms with Crippen molar-refractivity contribution in [1.29, 1.82) is 0 Å². The van der Waals surface area contributed by atoms with Gasteiger partial charge < -0.3 is 0 Å². The molecule has 68 valence electrons. The van der Waals surface area contributed by atoms with E-state index < -0.39 is 0 Å². The zero-order chi connectivity index (χ0) is 9.59. The molecule has 2 aromatic rings. The highest BCUT2D eigenvalue weighted by Crippen LogP contribution is 2.16. The lowest BCUT2D eigenvalue weighted by atomic mass is 10.2. The number of benzene rings is 1. The van der Waals surface area contributed by atoms with Gasteiger partial charge in [-0.25, -0.2) is 0 Å². The molecular formula is C9H9BrN2O. The van der Waals surface area contributed by atoms with Gasteiger partial charge >= 0.3 is 0 Å². The molecule has 0 saturated heterocycles. The summed E-state index contributed by atoms with van der Waals surface area (Å²) >= 11 is 3.38. The van der Waals surface area contributed by atoms with Gasteiger partial charge in [-0.05, 0) is 18.2 Å². The van der Waals surface area contributed by atoms with Gasteiger partial charge in [-0.2, -0.15) is 0 Å². The Morgan fingerprint density at radius 3 is 2.62 bits per heavy atom. The molecule has 1 aromatic carbocycles. The summed E-state index contributed by atoms with van der Waals surface area (Å²) < 4.78 is 4.42. The van der Waals surface area contributed by atoms with Gasteiger partial charge in [0, 0.05) is 18.6 Å². The second-order valence-corrected chi connectivity index (χ2v) is 3.93. The Balaban J connectivity index is 3.04. The van der Waals surface area contributed by atoms with Gasteiger partial charge in [0.1, 0.15) is 0 Å². The normalized spacial score (nSPS) is 11.0. The molecule has 1 heterocycles. The van der Waals surface area contributed by atoms with Gasteiger partial charge in [-0.1, -0.05) is 15.9 Å². The summed E-state index contributed by atoms with van der Waals surface area (Å²) in [5.41, 5.74) is 0.992. The SMILES string of the molecule is Cn1c(=O)c2ccc(Br)cc2n1C. The molecule has 0 radical (unpaired) electrons. The van der Waals surface area contributed by atoms with Crippen LogP contribution in [0.25, 0.3) is 10.9 Å². The third kappa shape index (κ3) is 1.13. The van der Waals surface area contributed by atoms with Gasteiger partial charge in [0.25, 0.3) is 5.56 Å². The quantitative estimate of drug-likeness (QED) is 0.688. The molecule has 0 aliphatic heterocycles. The van der Waals surface area contributed by atoms with Gasteiger partial charge in [-0.3, -0.25) is 14.2 Å². The summed E-state index contributed by atoms with van der Waals surface area (Å²) in [6.07, 6.45) is 0. The van der Waals surface area contributed by atoms with Crippen molar-refractivity contribution in [3.05, 3.63) is 33.0 Å². The van der Waals surface area contributed by atoms with Crippen LogP contribution in [0.2, 0.25) is 0 Å². The molecule has 0 amide bonds. The molecule has 0 bridgehead atoms. The number of aromatic nitrogens is 2. The standard InChI is InChI=1S/C9H9BrN2O/c1-11-8-5-6(10)3-4-7(8)9(13)12(11)2/h3-5H,1-2H3. The molecule has 0 atom stereocenters. The Kier molecular flexibility index (Phi) is 1.80. The van der Waals surface area contributed by atoms with Crippen molar-refractivity contribution in [3.63, 3.8) is 0 Å². The van der Waals surface area contributed by atoms with E-state index in [-0.39, 0.29) is 5.56 Å². The van der Waals surface area contributed by atoms with E-state index in [1.807, 2.05) is 29.9 Å². The minimum atomic E-state index is 0.0463. The van der Waals surface area contributed by atoms with E-state index in [1.54, 1.807) is 11.7 Å². The monoisotopic (exact) mass is 240 g/mol. The molecular weight excluding hydrogens is 232 g/mol. The van der Waals surface area contributed by atoms with Gasteiger partial charge in [0.15, 0.2) is 0 Å². The van der Waals surface area contributed by atoms with Gasteiger partial charge in [0.2, 0.25) is 0 Å². The summed E-state index contributed by atoms with van der Waals surface area (Å²) in [6, 6.07) is 5.65. The number of hydrogen-bond donors (Lipinski definition) is 0. The highest BCUT2D eigenvalue weighted by atomic mass is 79.9. The van der Waals surface area contributed by atoms with Crippen molar-refractivity contribution < 1.29 is 0 Å². The van der Waals surface area contributed by atoms with E-state index in [0.29, 0.717) is 0 Å². The Morgan fingerprint density at radius 2 is 1.92 bits per heavy atom. The van der Waals surface area contributed by atoms with E-state index in [4.69, 9.17) is 0 Å². The lowest BCUT2D eigenvalue weighted by Gasteiger charge is -1.99. The first-order chi connectivity index (χ1) is 6.11. The fourth-order valence-electron chi connectivity index (χ4n) is 1.43. The molecule has 0 aliphatic carbocycles. The second-order valence-electron chi connectivity index (χ2n) is 3.01. The minimum Gasteiger partial charge on any atom is -0.285 e. The lowest BCUT2D eigenvalue weighted by Crippen LogP contribution is -2.16. The van der Waals surface area contributed by atoms with Gasteiger partial charge in [0.05, 0.1) is 10.9 Å². The molecule has 0 saturated carbocycles. The van der Waals surface area contributed by atoms with Crippen LogP contribution in [0.1, 0.15) is 0 Å². The van der Waals surface area contributed by atoms with Crippen molar-refractivity contribution in [1.82, 2.24) is 9.36 Å². The Hall–Kier alpha value is -1.03. The molecule has 0 fully saturated rings. The minimum absolute atomic E-state index is 0.0463. The van der Waals surface area contributed by atoms with Crippen LogP contribution in [-0.4, -0.2) is 9.36 Å². The van der Waals surface area contributed by atoms with Crippen molar-refractivity contribution in [2.75, 3.05) is 0 Å². The fraction of sp³-hybridized carbons (Fsp3) is 0.222. The first-order valence-corrected chi connectivity index (χ1v) is 4.72. The van der Waals surface area contributed by atoms with E-state index in [2.05, 4.69) is 15.9 Å². The van der Waals surface area contributed by atoms with Crippen molar-refractivity contribution in [3.8, 4) is 0 Å². The molecule has 0 spiro atoms. The van der Waals surface area contributed by atoms with E-state index >= 15 is 0 Å². The number of nitrogens with zero attached hydrogens (tertiary/aromatic N) is 2. The number of fused-ring (bicyclic) bond motifs is 1. The smallest absolute Gasteiger partial charge is 0.274 e. The summed E-state index contributed by atoms with van der Waals surface area (Å²) in [5, 5.41) is 0.758. The maximum atomic E-state index is 11.6. The highest BCUT2D eigenvalue weighted by Gasteiger charge is 2.06. The molecule has 2 rings (SSSR count). The first-order valence-electron chi connectivity index (χ1n) is 3.92. The van der Waals surface area contributed by atoms with E-state index in [9.17, 15) is 4.79 Å². The molecule has 1 aromatic heterocycles. The molecule has 0 unspecified atom stereocenters. The third-order valence-electron chi connectivity index (χ3n) is 2.28. The van der Waals surface area contributed by atoms with Crippen LogP contribution in [0.15, 0.2) is 27.5 Å². The van der Waals surface area contributed by atoms with Crippen LogP contribution < -0.4 is 5.56 Å². The molecule has 13 heavy (non-hydrogen) atoms. The van der Waals surface area contributed by atoms with Crippen LogP contribution in [-0.2, 0) is 14.1 Å². The topological polar surface area (TPSA) is 26.9 Å². The maximum absolute atomic E-state index is 11.6. The van der Waals surface area contributed by atoms with E-state index in [1.165, 1.54) is 0 Å². The predicted octanol–water partition coefficient (Wildman–Crippen LogP) is 1.64. The van der Waals surface area contributed by atoms with Crippen molar-refractivity contribution >= 4 is 26.8 Å². The molecule has 3 nitrogen and oxygen atoms in total. The first kappa shape index (κ1) is 8.56. The van der Waals surface area contributed by atoms with Crippen LogP contribution in [0, 0.1) is 0 Å². The number of rotatable bonds is 0. The zero-order valence-corrected chi connectivity index (χ0v) is 9.00. The summed E-state index contributed by atoms with van der Waals surface area (Å²) in [4.78, 5) is 11.6. The van der Waals surface area contributed by atoms with Crippen LogP contribution in [0.3, 0.4) is 0 Å². The fourth-order valence-corrected chi connectivity index (χ4v) is 1.77. The van der Waals surface area contributed by atoms with Crippen LogP contribution in [0.4, 0.5) is 0 Å². The number of hydrogen-bond acceptors (Lipinski definition) is 1. The number of halogens is 1. The second kappa shape index (κ2) is 2.73. The van der Waals surface area contributed by atoms with Crippen LogP contribution in [0.5, 0.6) is 0 Å².